The number of carbonyl (C=O) groups is 2. The maximum Gasteiger partial charge on any atom is 0.252 e. The van der Waals surface area contributed by atoms with Crippen molar-refractivity contribution >= 4 is 44.1 Å². The third kappa shape index (κ3) is 2.49. The van der Waals surface area contributed by atoms with Crippen molar-refractivity contribution in [2.75, 3.05) is 5.32 Å². The van der Waals surface area contributed by atoms with Gasteiger partial charge in [-0.1, -0.05) is 22.0 Å². The Morgan fingerprint density at radius 3 is 2.76 bits per heavy atom. The molecule has 21 heavy (non-hydrogen) atoms. The van der Waals surface area contributed by atoms with Crippen LogP contribution in [0, 0.1) is 0 Å². The van der Waals surface area contributed by atoms with Crippen molar-refractivity contribution in [1.29, 1.82) is 0 Å². The average molecular weight is 365 g/mol. The Morgan fingerprint density at radius 1 is 1.33 bits per heavy atom. The molecule has 0 unspecified atom stereocenters. The molecule has 0 spiro atoms. The van der Waals surface area contributed by atoms with E-state index in [1.165, 1.54) is 23.8 Å². The zero-order chi connectivity index (χ0) is 15.1. The molecule has 3 rings (SSSR count). The minimum atomic E-state index is -0.491. The first-order chi connectivity index (χ1) is 9.97. The van der Waals surface area contributed by atoms with E-state index in [9.17, 15) is 9.59 Å². The third-order valence-electron chi connectivity index (χ3n) is 3.50. The van der Waals surface area contributed by atoms with E-state index in [0.29, 0.717) is 10.6 Å². The number of amides is 2. The van der Waals surface area contributed by atoms with Crippen LogP contribution in [0.5, 0.6) is 0 Å². The number of halogens is 1. The number of benzene rings is 1. The summed E-state index contributed by atoms with van der Waals surface area (Å²) in [5.41, 5.74) is 9.27. The molecule has 0 fully saturated rings. The van der Waals surface area contributed by atoms with Crippen LogP contribution in [0.25, 0.3) is 10.4 Å². The lowest BCUT2D eigenvalue weighted by Gasteiger charge is -2.17. The summed E-state index contributed by atoms with van der Waals surface area (Å²) in [5, 5.41) is 3.27. The van der Waals surface area contributed by atoms with Crippen LogP contribution in [0.4, 0.5) is 5.00 Å². The summed E-state index contributed by atoms with van der Waals surface area (Å²) in [4.78, 5) is 24.1. The number of rotatable bonds is 2. The number of thiophene rings is 1. The fourth-order valence-electron chi connectivity index (χ4n) is 2.67. The van der Waals surface area contributed by atoms with E-state index < -0.39 is 5.91 Å². The third-order valence-corrected chi connectivity index (χ3v) is 5.18. The summed E-state index contributed by atoms with van der Waals surface area (Å²) in [6.07, 6.45) is 1.63. The molecule has 1 aliphatic rings. The van der Waals surface area contributed by atoms with Gasteiger partial charge in [0.1, 0.15) is 5.00 Å². The van der Waals surface area contributed by atoms with Crippen LogP contribution in [0.3, 0.4) is 0 Å². The van der Waals surface area contributed by atoms with E-state index in [2.05, 4.69) is 27.3 Å². The monoisotopic (exact) mass is 364 g/mol. The van der Waals surface area contributed by atoms with Crippen LogP contribution in [0.15, 0.2) is 22.7 Å². The highest BCUT2D eigenvalue weighted by Gasteiger charge is 2.27. The normalized spacial score (nSPS) is 12.5. The molecule has 0 radical (unpaired) electrons. The maximum atomic E-state index is 11.8. The van der Waals surface area contributed by atoms with Gasteiger partial charge in [0.25, 0.3) is 5.91 Å². The number of aryl methyl sites for hydroxylation is 1. The lowest BCUT2D eigenvalue weighted by molar-refractivity contribution is -0.114. The van der Waals surface area contributed by atoms with E-state index in [0.717, 1.165) is 33.3 Å². The second kappa shape index (κ2) is 5.27. The molecule has 1 heterocycles. The molecule has 2 aromatic rings. The highest BCUT2D eigenvalue weighted by Crippen LogP contribution is 2.45. The molecule has 1 aromatic heterocycles. The van der Waals surface area contributed by atoms with Gasteiger partial charge in [-0.15, -0.1) is 11.3 Å². The molecule has 0 saturated heterocycles. The number of anilines is 1. The smallest absolute Gasteiger partial charge is 0.252 e. The van der Waals surface area contributed by atoms with Crippen molar-refractivity contribution in [2.24, 2.45) is 5.73 Å². The van der Waals surface area contributed by atoms with Crippen LogP contribution >= 0.6 is 27.3 Å². The number of carbonyl (C=O) groups excluding carboxylic acids is 2. The standard InChI is InChI=1S/C15H13BrN2O2S/c1-7(19)18-15-12(14(17)20)10-5-3-8-2-4-9(16)6-11(8)13(10)21-15/h2,4,6H,3,5H2,1H3,(H2,17,20)(H,18,19). The number of nitrogens with two attached hydrogens (primary N) is 1. The first kappa shape index (κ1) is 14.3. The Morgan fingerprint density at radius 2 is 2.10 bits per heavy atom. The molecule has 1 aliphatic carbocycles. The number of nitrogens with one attached hydrogen (secondary N) is 1. The van der Waals surface area contributed by atoms with Crippen LogP contribution in [0.1, 0.15) is 28.4 Å². The van der Waals surface area contributed by atoms with Crippen molar-refractivity contribution in [3.63, 3.8) is 0 Å². The van der Waals surface area contributed by atoms with Gasteiger partial charge >= 0.3 is 0 Å². The first-order valence-corrected chi connectivity index (χ1v) is 8.10. The summed E-state index contributed by atoms with van der Waals surface area (Å²) in [7, 11) is 0. The number of hydrogen-bond donors (Lipinski definition) is 2. The van der Waals surface area contributed by atoms with Gasteiger partial charge < -0.3 is 11.1 Å². The second-order valence-electron chi connectivity index (χ2n) is 4.96. The molecule has 6 heteroatoms. The van der Waals surface area contributed by atoms with Crippen molar-refractivity contribution in [3.8, 4) is 10.4 Å². The summed E-state index contributed by atoms with van der Waals surface area (Å²) >= 11 is 4.90. The maximum absolute atomic E-state index is 11.8. The molecule has 0 bridgehead atoms. The fraction of sp³-hybridized carbons (Fsp3) is 0.200. The van der Waals surface area contributed by atoms with Crippen molar-refractivity contribution in [2.45, 2.75) is 19.8 Å². The molecular formula is C15H13BrN2O2S. The number of primary amides is 1. The lowest BCUT2D eigenvalue weighted by Crippen LogP contribution is -2.17. The van der Waals surface area contributed by atoms with Gasteiger partial charge in [0, 0.05) is 16.3 Å². The Labute approximate surface area is 134 Å². The van der Waals surface area contributed by atoms with Crippen molar-refractivity contribution in [3.05, 3.63) is 39.4 Å². The van der Waals surface area contributed by atoms with Gasteiger partial charge in [-0.2, -0.15) is 0 Å². The quantitative estimate of drug-likeness (QED) is 0.857. The van der Waals surface area contributed by atoms with Crippen LogP contribution in [-0.2, 0) is 17.6 Å². The molecule has 0 atom stereocenters. The predicted molar refractivity (Wildman–Crippen MR) is 87.7 cm³/mol. The Kier molecular flexibility index (Phi) is 3.59. The number of hydrogen-bond acceptors (Lipinski definition) is 3. The van der Waals surface area contributed by atoms with Gasteiger partial charge in [-0.05, 0) is 41.7 Å². The number of fused-ring (bicyclic) bond motifs is 3. The predicted octanol–water partition coefficient (Wildman–Crippen LogP) is 3.33. The first-order valence-electron chi connectivity index (χ1n) is 6.49. The van der Waals surface area contributed by atoms with Crippen LogP contribution in [-0.4, -0.2) is 11.8 Å². The molecule has 2 amide bonds. The SMILES string of the molecule is CC(=O)Nc1sc2c(c1C(N)=O)CCc1ccc(Br)cc1-2. The Hall–Kier alpha value is -1.66. The fourth-order valence-corrected chi connectivity index (χ4v) is 4.38. The molecule has 108 valence electrons. The van der Waals surface area contributed by atoms with Crippen LogP contribution < -0.4 is 11.1 Å². The summed E-state index contributed by atoms with van der Waals surface area (Å²) < 4.78 is 0.990. The lowest BCUT2D eigenvalue weighted by atomic mass is 9.89. The highest BCUT2D eigenvalue weighted by molar-refractivity contribution is 9.10. The molecular weight excluding hydrogens is 352 g/mol. The zero-order valence-corrected chi connectivity index (χ0v) is 13.7. The van der Waals surface area contributed by atoms with E-state index >= 15 is 0 Å². The minimum Gasteiger partial charge on any atom is -0.365 e. The van der Waals surface area contributed by atoms with Gasteiger partial charge in [0.15, 0.2) is 0 Å². The summed E-state index contributed by atoms with van der Waals surface area (Å²) in [6, 6.07) is 6.15. The van der Waals surface area contributed by atoms with Gasteiger partial charge in [0.2, 0.25) is 5.91 Å². The molecule has 0 saturated carbocycles. The zero-order valence-electron chi connectivity index (χ0n) is 11.3. The topological polar surface area (TPSA) is 72.2 Å². The molecule has 1 aromatic carbocycles. The molecule has 4 nitrogen and oxygen atoms in total. The minimum absolute atomic E-state index is 0.203. The van der Waals surface area contributed by atoms with Crippen LogP contribution in [0.2, 0.25) is 0 Å². The Bertz CT molecular complexity index is 767. The Balaban J connectivity index is 2.23. The van der Waals surface area contributed by atoms with Gasteiger partial charge in [-0.3, -0.25) is 9.59 Å². The van der Waals surface area contributed by atoms with Crippen molar-refractivity contribution in [1.82, 2.24) is 0 Å². The van der Waals surface area contributed by atoms with Crippen molar-refractivity contribution < 1.29 is 9.59 Å². The average Bonchev–Trinajstić information content (AvgIpc) is 2.76. The highest BCUT2D eigenvalue weighted by atomic mass is 79.9. The second-order valence-corrected chi connectivity index (χ2v) is 6.90. The van der Waals surface area contributed by atoms with E-state index in [4.69, 9.17) is 5.73 Å². The largest absolute Gasteiger partial charge is 0.365 e. The summed E-state index contributed by atoms with van der Waals surface area (Å²) in [6.45, 7) is 1.42. The molecule has 3 N–H and O–H groups in total. The van der Waals surface area contributed by atoms with E-state index in [1.807, 2.05) is 12.1 Å². The van der Waals surface area contributed by atoms with E-state index in [1.54, 1.807) is 0 Å². The van der Waals surface area contributed by atoms with Gasteiger partial charge in [-0.25, -0.2) is 0 Å². The molecule has 0 aliphatic heterocycles. The van der Waals surface area contributed by atoms with E-state index in [-0.39, 0.29) is 5.91 Å². The summed E-state index contributed by atoms with van der Waals surface area (Å²) in [5.74, 6) is -0.694. The van der Waals surface area contributed by atoms with Gasteiger partial charge in [0.05, 0.1) is 5.56 Å².